The summed E-state index contributed by atoms with van der Waals surface area (Å²) in [6.07, 6.45) is -1.95. The minimum Gasteiger partial charge on any atom is -0.465 e. The fraction of sp³-hybridized carbons (Fsp3) is 0.857. The van der Waals surface area contributed by atoms with Crippen molar-refractivity contribution in [2.75, 3.05) is 19.7 Å². The highest BCUT2D eigenvalue weighted by Crippen LogP contribution is 2.08. The van der Waals surface area contributed by atoms with Crippen LogP contribution in [0.5, 0.6) is 0 Å². The molecule has 1 heterocycles. The fourth-order valence-electron chi connectivity index (χ4n) is 1.14. The average molecular weight is 175 g/mol. The number of hydrogen-bond donors (Lipinski definition) is 2. The quantitative estimate of drug-likeness (QED) is 0.576. The lowest BCUT2D eigenvalue weighted by atomic mass is 10.2. The van der Waals surface area contributed by atoms with Crippen molar-refractivity contribution in [2.24, 2.45) is 0 Å². The first-order chi connectivity index (χ1) is 5.61. The summed E-state index contributed by atoms with van der Waals surface area (Å²) in [6.45, 7) is 2.60. The zero-order chi connectivity index (χ0) is 9.14. The zero-order valence-electron chi connectivity index (χ0n) is 6.93. The Balaban J connectivity index is 2.46. The lowest BCUT2D eigenvalue weighted by molar-refractivity contribution is -0.0760. The Kier molecular flexibility index (Phi) is 2.88. The monoisotopic (exact) mass is 175 g/mol. The van der Waals surface area contributed by atoms with Gasteiger partial charge < -0.3 is 19.8 Å². The third-order valence-corrected chi connectivity index (χ3v) is 1.90. The van der Waals surface area contributed by atoms with E-state index in [1.807, 2.05) is 0 Å². The Labute approximate surface area is 70.5 Å². The standard InChI is InChI=1S/C7H13NO4/c1-5(9)6-4-8(7(10)11)2-3-12-6/h5-6,9H,2-4H2,1H3,(H,10,11)/t5-,6-/m0/s1. The maximum Gasteiger partial charge on any atom is 0.407 e. The Morgan fingerprint density at radius 2 is 2.42 bits per heavy atom. The van der Waals surface area contributed by atoms with Crippen molar-refractivity contribution in [1.82, 2.24) is 4.90 Å². The first kappa shape index (κ1) is 9.28. The molecule has 0 saturated carbocycles. The molecule has 12 heavy (non-hydrogen) atoms. The smallest absolute Gasteiger partial charge is 0.407 e. The molecule has 0 bridgehead atoms. The van der Waals surface area contributed by atoms with Crippen LogP contribution >= 0.6 is 0 Å². The van der Waals surface area contributed by atoms with E-state index in [4.69, 9.17) is 14.9 Å². The van der Waals surface area contributed by atoms with Gasteiger partial charge in [-0.25, -0.2) is 4.79 Å². The average Bonchev–Trinajstić information content (AvgIpc) is 2.04. The molecule has 1 saturated heterocycles. The molecule has 1 aliphatic rings. The Morgan fingerprint density at radius 1 is 1.75 bits per heavy atom. The molecule has 0 aromatic rings. The largest absolute Gasteiger partial charge is 0.465 e. The van der Waals surface area contributed by atoms with E-state index in [1.54, 1.807) is 6.92 Å². The molecule has 1 amide bonds. The third kappa shape index (κ3) is 2.09. The first-order valence-electron chi connectivity index (χ1n) is 3.89. The minimum absolute atomic E-state index is 0.257. The van der Waals surface area contributed by atoms with Gasteiger partial charge in [-0.2, -0.15) is 0 Å². The summed E-state index contributed by atoms with van der Waals surface area (Å²) in [7, 11) is 0. The number of amides is 1. The molecule has 0 spiro atoms. The molecule has 2 N–H and O–H groups in total. The van der Waals surface area contributed by atoms with E-state index in [0.29, 0.717) is 13.2 Å². The zero-order valence-corrected chi connectivity index (χ0v) is 6.93. The van der Waals surface area contributed by atoms with E-state index in [0.717, 1.165) is 0 Å². The van der Waals surface area contributed by atoms with Gasteiger partial charge >= 0.3 is 6.09 Å². The van der Waals surface area contributed by atoms with Gasteiger partial charge in [0.1, 0.15) is 6.10 Å². The van der Waals surface area contributed by atoms with Crippen LogP contribution in [0, 0.1) is 0 Å². The van der Waals surface area contributed by atoms with Gasteiger partial charge in [0.25, 0.3) is 0 Å². The molecule has 2 atom stereocenters. The van der Waals surface area contributed by atoms with E-state index in [2.05, 4.69) is 0 Å². The van der Waals surface area contributed by atoms with Crippen molar-refractivity contribution in [3.05, 3.63) is 0 Å². The second kappa shape index (κ2) is 3.73. The number of aliphatic hydroxyl groups is 1. The molecule has 0 aromatic heterocycles. The van der Waals surface area contributed by atoms with E-state index in [9.17, 15) is 4.79 Å². The predicted octanol–water partition coefficient (Wildman–Crippen LogP) is -0.254. The van der Waals surface area contributed by atoms with E-state index in [-0.39, 0.29) is 12.6 Å². The maximum absolute atomic E-state index is 10.5. The molecule has 1 fully saturated rings. The number of nitrogens with zero attached hydrogens (tertiary/aromatic N) is 1. The molecular weight excluding hydrogens is 162 g/mol. The van der Waals surface area contributed by atoms with Crippen LogP contribution in [0.2, 0.25) is 0 Å². The number of ether oxygens (including phenoxy) is 1. The molecule has 0 aromatic carbocycles. The summed E-state index contributed by atoms with van der Waals surface area (Å²) in [5.74, 6) is 0. The van der Waals surface area contributed by atoms with Crippen LogP contribution in [0.15, 0.2) is 0 Å². The van der Waals surface area contributed by atoms with Crippen LogP contribution < -0.4 is 0 Å². The number of carbonyl (C=O) groups is 1. The van der Waals surface area contributed by atoms with Crippen LogP contribution in [0.1, 0.15) is 6.92 Å². The highest BCUT2D eigenvalue weighted by Gasteiger charge is 2.26. The molecule has 0 aliphatic carbocycles. The molecule has 1 rings (SSSR count). The van der Waals surface area contributed by atoms with Crippen molar-refractivity contribution in [2.45, 2.75) is 19.1 Å². The van der Waals surface area contributed by atoms with E-state index >= 15 is 0 Å². The van der Waals surface area contributed by atoms with Crippen LogP contribution in [0.3, 0.4) is 0 Å². The van der Waals surface area contributed by atoms with Gasteiger partial charge in [-0.15, -0.1) is 0 Å². The van der Waals surface area contributed by atoms with Crippen LogP contribution in [0.25, 0.3) is 0 Å². The Morgan fingerprint density at radius 3 is 2.92 bits per heavy atom. The molecular formula is C7H13NO4. The number of aliphatic hydroxyl groups excluding tert-OH is 1. The van der Waals surface area contributed by atoms with Gasteiger partial charge in [0.2, 0.25) is 0 Å². The summed E-state index contributed by atoms with van der Waals surface area (Å²) >= 11 is 0. The number of rotatable bonds is 1. The maximum atomic E-state index is 10.5. The van der Waals surface area contributed by atoms with Crippen LogP contribution in [-0.2, 0) is 4.74 Å². The number of carboxylic acid groups (broad SMARTS) is 1. The molecule has 0 radical (unpaired) electrons. The second-order valence-corrected chi connectivity index (χ2v) is 2.88. The normalized spacial score (nSPS) is 26.8. The van der Waals surface area contributed by atoms with Crippen LogP contribution in [0.4, 0.5) is 4.79 Å². The molecule has 0 unspecified atom stereocenters. The van der Waals surface area contributed by atoms with Crippen LogP contribution in [-0.4, -0.2) is 53.1 Å². The summed E-state index contributed by atoms with van der Waals surface area (Å²) in [4.78, 5) is 11.8. The van der Waals surface area contributed by atoms with Gasteiger partial charge in [-0.05, 0) is 6.92 Å². The van der Waals surface area contributed by atoms with Gasteiger partial charge in [0.05, 0.1) is 19.3 Å². The summed E-state index contributed by atoms with van der Waals surface area (Å²) in [5, 5.41) is 17.8. The van der Waals surface area contributed by atoms with Crippen molar-refractivity contribution in [3.63, 3.8) is 0 Å². The van der Waals surface area contributed by atoms with Gasteiger partial charge in [0.15, 0.2) is 0 Å². The molecule has 1 aliphatic heterocycles. The highest BCUT2D eigenvalue weighted by atomic mass is 16.5. The lowest BCUT2D eigenvalue weighted by Gasteiger charge is -2.32. The van der Waals surface area contributed by atoms with Crippen molar-refractivity contribution >= 4 is 6.09 Å². The van der Waals surface area contributed by atoms with Gasteiger partial charge in [-0.1, -0.05) is 0 Å². The van der Waals surface area contributed by atoms with E-state index < -0.39 is 12.2 Å². The Bertz CT molecular complexity index is 171. The number of morpholine rings is 1. The molecule has 5 heteroatoms. The SMILES string of the molecule is C[C@H](O)[C@@H]1CN(C(=O)O)CCO1. The molecule has 5 nitrogen and oxygen atoms in total. The third-order valence-electron chi connectivity index (χ3n) is 1.90. The predicted molar refractivity (Wildman–Crippen MR) is 41.0 cm³/mol. The fourth-order valence-corrected chi connectivity index (χ4v) is 1.14. The van der Waals surface area contributed by atoms with E-state index in [1.165, 1.54) is 4.90 Å². The first-order valence-corrected chi connectivity index (χ1v) is 3.89. The summed E-state index contributed by atoms with van der Waals surface area (Å²) in [5.41, 5.74) is 0. The van der Waals surface area contributed by atoms with Gasteiger partial charge in [-0.3, -0.25) is 0 Å². The highest BCUT2D eigenvalue weighted by molar-refractivity contribution is 5.65. The molecule has 70 valence electrons. The lowest BCUT2D eigenvalue weighted by Crippen LogP contribution is -2.48. The number of hydrogen-bond acceptors (Lipinski definition) is 3. The van der Waals surface area contributed by atoms with Crippen molar-refractivity contribution < 1.29 is 19.7 Å². The minimum atomic E-state index is -0.955. The Hall–Kier alpha value is -0.810. The van der Waals surface area contributed by atoms with Crippen molar-refractivity contribution in [3.8, 4) is 0 Å². The topological polar surface area (TPSA) is 70.0 Å². The van der Waals surface area contributed by atoms with Crippen molar-refractivity contribution in [1.29, 1.82) is 0 Å². The summed E-state index contributed by atoms with van der Waals surface area (Å²) < 4.78 is 5.16. The summed E-state index contributed by atoms with van der Waals surface area (Å²) in [6, 6.07) is 0. The van der Waals surface area contributed by atoms with Gasteiger partial charge in [0, 0.05) is 6.54 Å². The second-order valence-electron chi connectivity index (χ2n) is 2.88.